The third kappa shape index (κ3) is 3.48. The third-order valence-electron chi connectivity index (χ3n) is 3.27. The lowest BCUT2D eigenvalue weighted by atomic mass is 10.0. The van der Waals surface area contributed by atoms with Crippen LogP contribution < -0.4 is 15.2 Å². The molecule has 0 aliphatic carbocycles. The topological polar surface area (TPSA) is 57.4 Å². The second-order valence-electron chi connectivity index (χ2n) is 4.57. The summed E-state index contributed by atoms with van der Waals surface area (Å²) in [4.78, 5) is 4.31. The molecule has 2 rings (SSSR count). The van der Waals surface area contributed by atoms with Crippen LogP contribution in [0, 0.1) is 0 Å². The Labute approximate surface area is 119 Å². The number of rotatable bonds is 6. The number of ether oxygens (including phenoxy) is 2. The number of hydrogen-bond acceptors (Lipinski definition) is 4. The van der Waals surface area contributed by atoms with Crippen molar-refractivity contribution in [1.82, 2.24) is 4.98 Å². The Bertz CT molecular complexity index is 543. The number of pyridine rings is 1. The van der Waals surface area contributed by atoms with Crippen LogP contribution in [0.1, 0.15) is 23.7 Å². The lowest BCUT2D eigenvalue weighted by molar-refractivity contribution is 0.394. The Morgan fingerprint density at radius 1 is 1.15 bits per heavy atom. The van der Waals surface area contributed by atoms with Gasteiger partial charge in [-0.15, -0.1) is 0 Å². The maximum absolute atomic E-state index is 6.28. The molecular formula is C16H20N2O2. The van der Waals surface area contributed by atoms with E-state index in [-0.39, 0.29) is 6.04 Å². The zero-order valence-electron chi connectivity index (χ0n) is 11.9. The molecule has 0 spiro atoms. The van der Waals surface area contributed by atoms with Gasteiger partial charge in [0, 0.05) is 23.5 Å². The van der Waals surface area contributed by atoms with E-state index in [2.05, 4.69) is 4.98 Å². The Kier molecular flexibility index (Phi) is 4.96. The van der Waals surface area contributed by atoms with E-state index in [9.17, 15) is 0 Å². The molecule has 0 radical (unpaired) electrons. The molecule has 0 aliphatic heterocycles. The van der Waals surface area contributed by atoms with E-state index in [4.69, 9.17) is 15.2 Å². The zero-order chi connectivity index (χ0) is 14.4. The van der Waals surface area contributed by atoms with Crippen LogP contribution in [0.4, 0.5) is 0 Å². The lowest BCUT2D eigenvalue weighted by Crippen LogP contribution is -2.13. The van der Waals surface area contributed by atoms with E-state index in [0.717, 1.165) is 35.6 Å². The van der Waals surface area contributed by atoms with Gasteiger partial charge in [0.15, 0.2) is 0 Å². The van der Waals surface area contributed by atoms with Crippen LogP contribution in [0.25, 0.3) is 0 Å². The van der Waals surface area contributed by atoms with Crippen molar-refractivity contribution in [2.45, 2.75) is 18.9 Å². The quantitative estimate of drug-likeness (QED) is 0.878. The molecule has 4 heteroatoms. The fourth-order valence-electron chi connectivity index (χ4n) is 2.13. The van der Waals surface area contributed by atoms with Gasteiger partial charge >= 0.3 is 0 Å². The highest BCUT2D eigenvalue weighted by atomic mass is 16.5. The number of nitrogens with zero attached hydrogens (tertiary/aromatic N) is 1. The molecule has 0 saturated carbocycles. The SMILES string of the molecule is COc1ccc(OC)c(C(N)CCc2ccccn2)c1. The molecule has 0 amide bonds. The van der Waals surface area contributed by atoms with E-state index >= 15 is 0 Å². The van der Waals surface area contributed by atoms with E-state index < -0.39 is 0 Å². The Balaban J connectivity index is 2.09. The number of benzene rings is 1. The number of aromatic nitrogens is 1. The minimum Gasteiger partial charge on any atom is -0.497 e. The average molecular weight is 272 g/mol. The van der Waals surface area contributed by atoms with Crippen molar-refractivity contribution in [3.8, 4) is 11.5 Å². The summed E-state index contributed by atoms with van der Waals surface area (Å²) in [6.07, 6.45) is 3.44. The monoisotopic (exact) mass is 272 g/mol. The van der Waals surface area contributed by atoms with Gasteiger partial charge in [0.25, 0.3) is 0 Å². The molecule has 2 N–H and O–H groups in total. The summed E-state index contributed by atoms with van der Waals surface area (Å²) >= 11 is 0. The normalized spacial score (nSPS) is 11.9. The second-order valence-corrected chi connectivity index (χ2v) is 4.57. The van der Waals surface area contributed by atoms with Gasteiger partial charge < -0.3 is 15.2 Å². The minimum atomic E-state index is -0.109. The van der Waals surface area contributed by atoms with Crippen molar-refractivity contribution in [2.75, 3.05) is 14.2 Å². The first-order valence-corrected chi connectivity index (χ1v) is 6.62. The molecule has 1 unspecified atom stereocenters. The van der Waals surface area contributed by atoms with Crippen LogP contribution in [0.3, 0.4) is 0 Å². The summed E-state index contributed by atoms with van der Waals surface area (Å²) in [6, 6.07) is 11.5. The predicted octanol–water partition coefficient (Wildman–Crippen LogP) is 2.73. The first-order valence-electron chi connectivity index (χ1n) is 6.62. The van der Waals surface area contributed by atoms with Gasteiger partial charge in [0.05, 0.1) is 14.2 Å². The number of methoxy groups -OCH3 is 2. The standard InChI is InChI=1S/C16H20N2O2/c1-19-13-7-9-16(20-2)14(11-13)15(17)8-6-12-5-3-4-10-18-12/h3-5,7,9-11,15H,6,8,17H2,1-2H3. The highest BCUT2D eigenvalue weighted by Crippen LogP contribution is 2.30. The van der Waals surface area contributed by atoms with Crippen LogP contribution in [0.5, 0.6) is 11.5 Å². The van der Waals surface area contributed by atoms with Gasteiger partial charge in [-0.1, -0.05) is 6.07 Å². The molecule has 0 bridgehead atoms. The zero-order valence-corrected chi connectivity index (χ0v) is 11.9. The Morgan fingerprint density at radius 3 is 2.65 bits per heavy atom. The van der Waals surface area contributed by atoms with E-state index in [1.54, 1.807) is 20.4 Å². The maximum Gasteiger partial charge on any atom is 0.123 e. The van der Waals surface area contributed by atoms with Crippen LogP contribution in [0.2, 0.25) is 0 Å². The molecule has 0 saturated heterocycles. The van der Waals surface area contributed by atoms with Gasteiger partial charge in [-0.05, 0) is 43.2 Å². The summed E-state index contributed by atoms with van der Waals surface area (Å²) in [5.41, 5.74) is 8.29. The van der Waals surface area contributed by atoms with Crippen LogP contribution in [0.15, 0.2) is 42.6 Å². The predicted molar refractivity (Wildman–Crippen MR) is 79.0 cm³/mol. The summed E-state index contributed by atoms with van der Waals surface area (Å²) in [6.45, 7) is 0. The molecule has 1 aromatic heterocycles. The van der Waals surface area contributed by atoms with E-state index in [0.29, 0.717) is 0 Å². The molecule has 0 fully saturated rings. The molecule has 20 heavy (non-hydrogen) atoms. The van der Waals surface area contributed by atoms with Gasteiger partial charge in [-0.2, -0.15) is 0 Å². The number of nitrogens with two attached hydrogens (primary N) is 1. The first kappa shape index (κ1) is 14.3. The second kappa shape index (κ2) is 6.91. The fraction of sp³-hybridized carbons (Fsp3) is 0.312. The van der Waals surface area contributed by atoms with Gasteiger partial charge in [-0.25, -0.2) is 0 Å². The van der Waals surface area contributed by atoms with Crippen molar-refractivity contribution >= 4 is 0 Å². The van der Waals surface area contributed by atoms with E-state index in [1.807, 2.05) is 36.4 Å². The first-order chi connectivity index (χ1) is 9.74. The van der Waals surface area contributed by atoms with Crippen molar-refractivity contribution in [1.29, 1.82) is 0 Å². The van der Waals surface area contributed by atoms with Crippen LogP contribution in [-0.2, 0) is 6.42 Å². The summed E-state index contributed by atoms with van der Waals surface area (Å²) in [5, 5.41) is 0. The van der Waals surface area contributed by atoms with Crippen molar-refractivity contribution in [3.05, 3.63) is 53.9 Å². The van der Waals surface area contributed by atoms with Gasteiger partial charge in [0.1, 0.15) is 11.5 Å². The average Bonchev–Trinajstić information content (AvgIpc) is 2.52. The number of aryl methyl sites for hydroxylation is 1. The van der Waals surface area contributed by atoms with Crippen molar-refractivity contribution < 1.29 is 9.47 Å². The summed E-state index contributed by atoms with van der Waals surface area (Å²) in [5.74, 6) is 1.58. The van der Waals surface area contributed by atoms with Gasteiger partial charge in [-0.3, -0.25) is 4.98 Å². The molecular weight excluding hydrogens is 252 g/mol. The maximum atomic E-state index is 6.28. The molecule has 4 nitrogen and oxygen atoms in total. The third-order valence-corrected chi connectivity index (χ3v) is 3.27. The highest BCUT2D eigenvalue weighted by molar-refractivity contribution is 5.42. The molecule has 1 aromatic carbocycles. The van der Waals surface area contributed by atoms with Crippen LogP contribution in [-0.4, -0.2) is 19.2 Å². The smallest absolute Gasteiger partial charge is 0.123 e. The van der Waals surface area contributed by atoms with Gasteiger partial charge in [0.2, 0.25) is 0 Å². The molecule has 1 heterocycles. The van der Waals surface area contributed by atoms with E-state index in [1.165, 1.54) is 0 Å². The Hall–Kier alpha value is -2.07. The molecule has 1 atom stereocenters. The molecule has 0 aliphatic rings. The lowest BCUT2D eigenvalue weighted by Gasteiger charge is -2.16. The summed E-state index contributed by atoms with van der Waals surface area (Å²) < 4.78 is 10.6. The van der Waals surface area contributed by atoms with Crippen molar-refractivity contribution in [2.24, 2.45) is 5.73 Å². The molecule has 2 aromatic rings. The molecule has 106 valence electrons. The highest BCUT2D eigenvalue weighted by Gasteiger charge is 2.13. The minimum absolute atomic E-state index is 0.109. The summed E-state index contributed by atoms with van der Waals surface area (Å²) in [7, 11) is 3.29. The Morgan fingerprint density at radius 2 is 2.00 bits per heavy atom. The fourth-order valence-corrected chi connectivity index (χ4v) is 2.13. The van der Waals surface area contributed by atoms with Crippen LogP contribution >= 0.6 is 0 Å². The largest absolute Gasteiger partial charge is 0.497 e. The van der Waals surface area contributed by atoms with Crippen molar-refractivity contribution in [3.63, 3.8) is 0 Å². The number of hydrogen-bond donors (Lipinski definition) is 1.